The van der Waals surface area contributed by atoms with Gasteiger partial charge in [-0.2, -0.15) is 0 Å². The Bertz CT molecular complexity index is 373. The van der Waals surface area contributed by atoms with Gasteiger partial charge in [0.15, 0.2) is 5.96 Å². The molecule has 0 radical (unpaired) electrons. The maximum atomic E-state index is 11.0. The summed E-state index contributed by atoms with van der Waals surface area (Å²) in [4.78, 5) is 18.1. The van der Waals surface area contributed by atoms with Crippen LogP contribution in [0.4, 0.5) is 0 Å². The minimum atomic E-state index is -0.107. The molecule has 0 saturated carbocycles. The summed E-state index contributed by atoms with van der Waals surface area (Å²) in [6, 6.07) is 0. The number of nitrogens with zero attached hydrogens (tertiary/aromatic N) is 2. The lowest BCUT2D eigenvalue weighted by atomic mass is 9.93. The van der Waals surface area contributed by atoms with Gasteiger partial charge in [-0.05, 0) is 31.6 Å². The number of guanidine groups is 1. The average Bonchev–Trinajstić information content (AvgIpc) is 2.84. The van der Waals surface area contributed by atoms with Crippen molar-refractivity contribution < 1.29 is 9.53 Å². The second kappa shape index (κ2) is 11.9. The Hall–Kier alpha value is -0.530. The summed E-state index contributed by atoms with van der Waals surface area (Å²) in [5.41, 5.74) is 0.393. The maximum absolute atomic E-state index is 11.0. The van der Waals surface area contributed by atoms with Crippen LogP contribution >= 0.6 is 24.0 Å². The molecule has 136 valence electrons. The minimum Gasteiger partial charge on any atom is -0.469 e. The number of halogens is 1. The van der Waals surface area contributed by atoms with E-state index in [-0.39, 0.29) is 29.9 Å². The van der Waals surface area contributed by atoms with Gasteiger partial charge in [0.05, 0.1) is 7.11 Å². The zero-order valence-electron chi connectivity index (χ0n) is 15.2. The number of hydrogen-bond donors (Lipinski definition) is 1. The third-order valence-electron chi connectivity index (χ3n) is 4.09. The summed E-state index contributed by atoms with van der Waals surface area (Å²) in [5.74, 6) is 0.951. The molecular weight excluding hydrogens is 405 g/mol. The molecule has 5 nitrogen and oxygen atoms in total. The maximum Gasteiger partial charge on any atom is 0.305 e. The van der Waals surface area contributed by atoms with Gasteiger partial charge in [-0.25, -0.2) is 0 Å². The van der Waals surface area contributed by atoms with Crippen molar-refractivity contribution in [1.29, 1.82) is 0 Å². The highest BCUT2D eigenvalue weighted by molar-refractivity contribution is 14.0. The van der Waals surface area contributed by atoms with Gasteiger partial charge in [0, 0.05) is 32.6 Å². The zero-order chi connectivity index (χ0) is 16.4. The van der Waals surface area contributed by atoms with Crippen LogP contribution in [0.2, 0.25) is 0 Å². The molecule has 0 unspecified atom stereocenters. The molecule has 1 heterocycles. The topological polar surface area (TPSA) is 53.9 Å². The highest BCUT2D eigenvalue weighted by Crippen LogP contribution is 2.28. The number of carbonyl (C=O) groups excluding carboxylic acids is 1. The van der Waals surface area contributed by atoms with Gasteiger partial charge >= 0.3 is 5.97 Å². The first-order chi connectivity index (χ1) is 10.5. The molecule has 1 N–H and O–H groups in total. The van der Waals surface area contributed by atoms with Crippen molar-refractivity contribution in [2.24, 2.45) is 10.4 Å². The molecular formula is C17H34IN3O2. The summed E-state index contributed by atoms with van der Waals surface area (Å²) in [6.45, 7) is 10.7. The Balaban J connectivity index is 0.00000484. The van der Waals surface area contributed by atoms with E-state index in [2.05, 4.69) is 35.7 Å². The molecule has 6 heteroatoms. The number of unbranched alkanes of at least 4 members (excludes halogenated alkanes) is 3. The molecule has 1 aliphatic heterocycles. The molecule has 0 aliphatic carbocycles. The highest BCUT2D eigenvalue weighted by atomic mass is 127. The SMILES string of the molecule is CCNC(=NCCCCCCC(=O)OC)N1CCC(C)(C)C1.I. The number of esters is 1. The average molecular weight is 439 g/mol. The monoisotopic (exact) mass is 439 g/mol. The molecule has 1 rings (SSSR count). The van der Waals surface area contributed by atoms with Crippen LogP contribution in [0.15, 0.2) is 4.99 Å². The van der Waals surface area contributed by atoms with E-state index in [4.69, 9.17) is 4.99 Å². The van der Waals surface area contributed by atoms with E-state index in [1.165, 1.54) is 13.5 Å². The van der Waals surface area contributed by atoms with Gasteiger partial charge in [0.25, 0.3) is 0 Å². The molecule has 1 saturated heterocycles. The first kappa shape index (κ1) is 22.5. The lowest BCUT2D eigenvalue weighted by molar-refractivity contribution is -0.140. The predicted molar refractivity (Wildman–Crippen MR) is 106 cm³/mol. The quantitative estimate of drug-likeness (QED) is 0.207. The van der Waals surface area contributed by atoms with Gasteiger partial charge in [-0.3, -0.25) is 9.79 Å². The Morgan fingerprint density at radius 2 is 1.96 bits per heavy atom. The van der Waals surface area contributed by atoms with E-state index in [1.54, 1.807) is 0 Å². The van der Waals surface area contributed by atoms with Crippen molar-refractivity contribution in [3.63, 3.8) is 0 Å². The van der Waals surface area contributed by atoms with E-state index in [0.717, 1.165) is 57.8 Å². The number of hydrogen-bond acceptors (Lipinski definition) is 3. The summed E-state index contributed by atoms with van der Waals surface area (Å²) in [5, 5.41) is 3.40. The van der Waals surface area contributed by atoms with Gasteiger partial charge in [-0.15, -0.1) is 24.0 Å². The van der Waals surface area contributed by atoms with Crippen LogP contribution < -0.4 is 5.32 Å². The second-order valence-electron chi connectivity index (χ2n) is 6.81. The van der Waals surface area contributed by atoms with Crippen LogP contribution in [0.1, 0.15) is 59.3 Å². The summed E-state index contributed by atoms with van der Waals surface area (Å²) < 4.78 is 4.64. The predicted octanol–water partition coefficient (Wildman–Crippen LogP) is 3.43. The fraction of sp³-hybridized carbons (Fsp3) is 0.882. The molecule has 0 aromatic rings. The van der Waals surface area contributed by atoms with Crippen molar-refractivity contribution >= 4 is 35.9 Å². The zero-order valence-corrected chi connectivity index (χ0v) is 17.5. The van der Waals surface area contributed by atoms with Gasteiger partial charge in [-0.1, -0.05) is 26.7 Å². The normalized spacial score (nSPS) is 16.9. The van der Waals surface area contributed by atoms with Crippen LogP contribution in [0.25, 0.3) is 0 Å². The van der Waals surface area contributed by atoms with Crippen molar-refractivity contribution in [1.82, 2.24) is 10.2 Å². The Morgan fingerprint density at radius 3 is 2.52 bits per heavy atom. The third kappa shape index (κ3) is 9.37. The molecule has 0 amide bonds. The molecule has 1 aliphatic rings. The van der Waals surface area contributed by atoms with Gasteiger partial charge in [0.2, 0.25) is 0 Å². The summed E-state index contributed by atoms with van der Waals surface area (Å²) in [7, 11) is 1.44. The van der Waals surface area contributed by atoms with Gasteiger partial charge in [0.1, 0.15) is 0 Å². The third-order valence-corrected chi connectivity index (χ3v) is 4.09. The molecule has 0 atom stereocenters. The second-order valence-corrected chi connectivity index (χ2v) is 6.81. The Labute approximate surface area is 158 Å². The van der Waals surface area contributed by atoms with Crippen LogP contribution in [-0.2, 0) is 9.53 Å². The first-order valence-electron chi connectivity index (χ1n) is 8.58. The molecule has 1 fully saturated rings. The summed E-state index contributed by atoms with van der Waals surface area (Å²) in [6.07, 6.45) is 5.93. The van der Waals surface area contributed by atoms with Crippen molar-refractivity contribution in [3.05, 3.63) is 0 Å². The number of ether oxygens (including phenoxy) is 1. The van der Waals surface area contributed by atoms with E-state index in [1.807, 2.05) is 0 Å². The van der Waals surface area contributed by atoms with Crippen LogP contribution in [0.3, 0.4) is 0 Å². The minimum absolute atomic E-state index is 0. The lowest BCUT2D eigenvalue weighted by Crippen LogP contribution is -2.40. The fourth-order valence-electron chi connectivity index (χ4n) is 2.74. The highest BCUT2D eigenvalue weighted by Gasteiger charge is 2.30. The van der Waals surface area contributed by atoms with Crippen LogP contribution in [0, 0.1) is 5.41 Å². The standard InChI is InChI=1S/C17H33N3O2.HI/c1-5-18-16(20-13-11-17(2,3)14-20)19-12-9-7-6-8-10-15(21)22-4;/h5-14H2,1-4H3,(H,18,19);1H. The number of methoxy groups -OCH3 is 1. The smallest absolute Gasteiger partial charge is 0.305 e. The molecule has 0 spiro atoms. The lowest BCUT2D eigenvalue weighted by Gasteiger charge is -2.23. The van der Waals surface area contributed by atoms with Crippen LogP contribution in [0.5, 0.6) is 0 Å². The first-order valence-corrected chi connectivity index (χ1v) is 8.58. The number of aliphatic imine (C=N–C) groups is 1. The van der Waals surface area contributed by atoms with Crippen molar-refractivity contribution in [2.75, 3.05) is 33.3 Å². The molecule has 0 aromatic heterocycles. The number of likely N-dealkylation sites (tertiary alicyclic amines) is 1. The molecule has 23 heavy (non-hydrogen) atoms. The molecule has 0 bridgehead atoms. The Morgan fingerprint density at radius 1 is 1.26 bits per heavy atom. The fourth-order valence-corrected chi connectivity index (χ4v) is 2.74. The van der Waals surface area contributed by atoms with Crippen molar-refractivity contribution in [3.8, 4) is 0 Å². The number of rotatable bonds is 8. The largest absolute Gasteiger partial charge is 0.469 e. The van der Waals surface area contributed by atoms with E-state index in [0.29, 0.717) is 11.8 Å². The summed E-state index contributed by atoms with van der Waals surface area (Å²) >= 11 is 0. The van der Waals surface area contributed by atoms with Gasteiger partial charge < -0.3 is 15.0 Å². The van der Waals surface area contributed by atoms with Crippen molar-refractivity contribution in [2.45, 2.75) is 59.3 Å². The van der Waals surface area contributed by atoms with E-state index >= 15 is 0 Å². The number of nitrogens with one attached hydrogen (secondary N) is 1. The number of carbonyl (C=O) groups is 1. The Kier molecular flexibility index (Phi) is 11.6. The van der Waals surface area contributed by atoms with Crippen LogP contribution in [-0.4, -0.2) is 50.1 Å². The van der Waals surface area contributed by atoms with E-state index in [9.17, 15) is 4.79 Å². The van der Waals surface area contributed by atoms with E-state index < -0.39 is 0 Å². The molecule has 0 aromatic carbocycles.